The van der Waals surface area contributed by atoms with Crippen LogP contribution in [0.4, 0.5) is 10.5 Å². The van der Waals surface area contributed by atoms with Crippen molar-refractivity contribution < 1.29 is 14.3 Å². The van der Waals surface area contributed by atoms with E-state index in [1.165, 1.54) is 6.42 Å². The van der Waals surface area contributed by atoms with Crippen LogP contribution in [0.25, 0.3) is 0 Å². The number of methoxy groups -OCH3 is 1. The van der Waals surface area contributed by atoms with Crippen LogP contribution in [-0.4, -0.2) is 32.4 Å². The van der Waals surface area contributed by atoms with Crippen molar-refractivity contribution in [3.05, 3.63) is 24.3 Å². The van der Waals surface area contributed by atoms with Crippen molar-refractivity contribution in [3.63, 3.8) is 0 Å². The SMILES string of the molecule is COc1ccc(NC(=O)NC2CCC23CCOCC3)cc1. The van der Waals surface area contributed by atoms with Crippen molar-refractivity contribution in [1.82, 2.24) is 5.32 Å². The number of benzene rings is 1. The van der Waals surface area contributed by atoms with Crippen LogP contribution in [0, 0.1) is 5.41 Å². The van der Waals surface area contributed by atoms with Crippen molar-refractivity contribution >= 4 is 11.7 Å². The molecule has 2 amide bonds. The van der Waals surface area contributed by atoms with E-state index in [1.807, 2.05) is 24.3 Å². The van der Waals surface area contributed by atoms with Gasteiger partial charge >= 0.3 is 6.03 Å². The zero-order valence-electron chi connectivity index (χ0n) is 12.4. The Labute approximate surface area is 125 Å². The summed E-state index contributed by atoms with van der Waals surface area (Å²) in [6.07, 6.45) is 4.38. The standard InChI is InChI=1S/C16H22N2O3/c1-20-13-4-2-12(3-5-13)17-15(19)18-14-6-7-16(14)8-10-21-11-9-16/h2-5,14H,6-11H2,1H3,(H2,17,18,19). The van der Waals surface area contributed by atoms with Crippen LogP contribution in [0.1, 0.15) is 25.7 Å². The number of hydrogen-bond donors (Lipinski definition) is 2. The number of carbonyl (C=O) groups excluding carboxylic acids is 1. The summed E-state index contributed by atoms with van der Waals surface area (Å²) in [5.74, 6) is 0.779. The van der Waals surface area contributed by atoms with Crippen LogP contribution < -0.4 is 15.4 Å². The molecule has 21 heavy (non-hydrogen) atoms. The third-order valence-corrected chi connectivity index (χ3v) is 4.81. The van der Waals surface area contributed by atoms with Gasteiger partial charge in [-0.15, -0.1) is 0 Å². The minimum atomic E-state index is -0.129. The van der Waals surface area contributed by atoms with Gasteiger partial charge in [0.05, 0.1) is 7.11 Å². The molecule has 0 bridgehead atoms. The fourth-order valence-electron chi connectivity index (χ4n) is 3.30. The van der Waals surface area contributed by atoms with E-state index < -0.39 is 0 Å². The average Bonchev–Trinajstić information content (AvgIpc) is 2.53. The van der Waals surface area contributed by atoms with Crippen molar-refractivity contribution in [1.29, 1.82) is 0 Å². The van der Waals surface area contributed by atoms with Gasteiger partial charge in [-0.2, -0.15) is 0 Å². The molecule has 1 aliphatic heterocycles. The first-order valence-electron chi connectivity index (χ1n) is 7.51. The Balaban J connectivity index is 1.54. The Morgan fingerprint density at radius 1 is 1.24 bits per heavy atom. The highest BCUT2D eigenvalue weighted by atomic mass is 16.5. The third kappa shape index (κ3) is 2.97. The van der Waals surface area contributed by atoms with E-state index in [4.69, 9.17) is 9.47 Å². The number of amides is 2. The van der Waals surface area contributed by atoms with Gasteiger partial charge in [0.25, 0.3) is 0 Å². The highest BCUT2D eigenvalue weighted by Gasteiger charge is 2.47. The maximum atomic E-state index is 12.1. The Morgan fingerprint density at radius 2 is 1.95 bits per heavy atom. The molecule has 114 valence electrons. The van der Waals surface area contributed by atoms with Crippen LogP contribution in [0.2, 0.25) is 0 Å². The molecule has 1 saturated heterocycles. The van der Waals surface area contributed by atoms with Gasteiger partial charge in [0.15, 0.2) is 0 Å². The number of hydrogen-bond acceptors (Lipinski definition) is 3. The summed E-state index contributed by atoms with van der Waals surface area (Å²) in [5.41, 5.74) is 1.05. The molecule has 1 aromatic rings. The van der Waals surface area contributed by atoms with Crippen LogP contribution in [-0.2, 0) is 4.74 Å². The number of rotatable bonds is 3. The third-order valence-electron chi connectivity index (χ3n) is 4.81. The molecule has 1 aliphatic carbocycles. The smallest absolute Gasteiger partial charge is 0.319 e. The van der Waals surface area contributed by atoms with Gasteiger partial charge in [-0.25, -0.2) is 4.79 Å². The van der Waals surface area contributed by atoms with Crippen LogP contribution in [0.5, 0.6) is 5.75 Å². The van der Waals surface area contributed by atoms with Gasteiger partial charge in [-0.3, -0.25) is 0 Å². The molecule has 2 fully saturated rings. The van der Waals surface area contributed by atoms with E-state index >= 15 is 0 Å². The van der Waals surface area contributed by atoms with E-state index in [-0.39, 0.29) is 17.5 Å². The van der Waals surface area contributed by atoms with E-state index in [2.05, 4.69) is 10.6 Å². The average molecular weight is 290 g/mol. The highest BCUT2D eigenvalue weighted by molar-refractivity contribution is 5.89. The van der Waals surface area contributed by atoms with E-state index in [0.29, 0.717) is 0 Å². The maximum Gasteiger partial charge on any atom is 0.319 e. The molecule has 1 spiro atoms. The molecule has 3 rings (SSSR count). The Bertz CT molecular complexity index is 495. The van der Waals surface area contributed by atoms with Crippen molar-refractivity contribution in [3.8, 4) is 5.75 Å². The molecule has 5 heteroatoms. The van der Waals surface area contributed by atoms with Gasteiger partial charge in [-0.1, -0.05) is 0 Å². The molecular formula is C16H22N2O3. The first-order chi connectivity index (χ1) is 10.2. The summed E-state index contributed by atoms with van der Waals surface area (Å²) < 4.78 is 10.5. The van der Waals surface area contributed by atoms with Crippen LogP contribution in [0.15, 0.2) is 24.3 Å². The first kappa shape index (κ1) is 14.2. The molecule has 1 saturated carbocycles. The summed E-state index contributed by atoms with van der Waals surface area (Å²) >= 11 is 0. The van der Waals surface area contributed by atoms with Gasteiger partial charge in [0.1, 0.15) is 5.75 Å². The van der Waals surface area contributed by atoms with E-state index in [9.17, 15) is 4.79 Å². The Hall–Kier alpha value is -1.75. The molecule has 1 unspecified atom stereocenters. The summed E-state index contributed by atoms with van der Waals surface area (Å²) in [4.78, 5) is 12.1. The molecule has 0 radical (unpaired) electrons. The predicted molar refractivity (Wildman–Crippen MR) is 80.7 cm³/mol. The Morgan fingerprint density at radius 3 is 2.52 bits per heavy atom. The molecule has 0 aromatic heterocycles. The molecule has 1 aromatic carbocycles. The summed E-state index contributed by atoms with van der Waals surface area (Å²) in [7, 11) is 1.62. The van der Waals surface area contributed by atoms with Crippen molar-refractivity contribution in [2.24, 2.45) is 5.41 Å². The lowest BCUT2D eigenvalue weighted by Crippen LogP contribution is -2.57. The minimum absolute atomic E-state index is 0.129. The zero-order chi connectivity index (χ0) is 14.7. The van der Waals surface area contributed by atoms with Gasteiger partial charge < -0.3 is 20.1 Å². The lowest BCUT2D eigenvalue weighted by molar-refractivity contribution is -0.0507. The maximum absolute atomic E-state index is 12.1. The monoisotopic (exact) mass is 290 g/mol. The fourth-order valence-corrected chi connectivity index (χ4v) is 3.30. The topological polar surface area (TPSA) is 59.6 Å². The quantitative estimate of drug-likeness (QED) is 0.900. The Kier molecular flexibility index (Phi) is 4.01. The number of anilines is 1. The number of carbonyl (C=O) groups is 1. The van der Waals surface area contributed by atoms with E-state index in [0.717, 1.165) is 43.9 Å². The first-order valence-corrected chi connectivity index (χ1v) is 7.51. The second kappa shape index (κ2) is 5.93. The second-order valence-electron chi connectivity index (χ2n) is 5.89. The summed E-state index contributed by atoms with van der Waals surface area (Å²) in [6.45, 7) is 1.64. The summed E-state index contributed by atoms with van der Waals surface area (Å²) in [6, 6.07) is 7.49. The lowest BCUT2D eigenvalue weighted by Gasteiger charge is -2.51. The molecule has 2 N–H and O–H groups in total. The summed E-state index contributed by atoms with van der Waals surface area (Å²) in [5, 5.41) is 5.99. The van der Waals surface area contributed by atoms with Crippen molar-refractivity contribution in [2.45, 2.75) is 31.7 Å². The molecular weight excluding hydrogens is 268 g/mol. The number of ether oxygens (including phenoxy) is 2. The largest absolute Gasteiger partial charge is 0.497 e. The minimum Gasteiger partial charge on any atom is -0.497 e. The molecule has 1 atom stereocenters. The van der Waals surface area contributed by atoms with E-state index in [1.54, 1.807) is 7.11 Å². The van der Waals surface area contributed by atoms with Crippen molar-refractivity contribution in [2.75, 3.05) is 25.6 Å². The van der Waals surface area contributed by atoms with Gasteiger partial charge in [0.2, 0.25) is 0 Å². The number of nitrogens with one attached hydrogen (secondary N) is 2. The number of urea groups is 1. The molecule has 5 nitrogen and oxygen atoms in total. The molecule has 2 aliphatic rings. The van der Waals surface area contributed by atoms with Gasteiger partial charge in [-0.05, 0) is 55.4 Å². The highest BCUT2D eigenvalue weighted by Crippen LogP contribution is 2.48. The predicted octanol–water partition coefficient (Wildman–Crippen LogP) is 2.78. The lowest BCUT2D eigenvalue weighted by atomic mass is 9.60. The fraction of sp³-hybridized carbons (Fsp3) is 0.562. The van der Waals surface area contributed by atoms with Gasteiger partial charge in [0, 0.05) is 24.9 Å². The second-order valence-corrected chi connectivity index (χ2v) is 5.89. The zero-order valence-corrected chi connectivity index (χ0v) is 12.4. The normalized spacial score (nSPS) is 23.2. The molecule has 1 heterocycles. The van der Waals surface area contributed by atoms with Crippen LogP contribution >= 0.6 is 0 Å². The van der Waals surface area contributed by atoms with Crippen LogP contribution in [0.3, 0.4) is 0 Å².